The molecule has 2 aromatic carbocycles. The molecule has 0 heterocycles. The van der Waals surface area contributed by atoms with E-state index >= 15 is 0 Å². The number of nitrogens with zero attached hydrogens (tertiary/aromatic N) is 1. The lowest BCUT2D eigenvalue weighted by atomic mass is 10.1. The number of benzene rings is 2. The number of carbonyl (C=O) groups excluding carboxylic acids is 2. The number of likely N-dealkylation sites (N-methyl/N-ethyl adjacent to an activating group) is 2. The smallest absolute Gasteiger partial charge is 0.332 e. The molecule has 2 aromatic rings. The maximum atomic E-state index is 12.6. The Bertz CT molecular complexity index is 875. The van der Waals surface area contributed by atoms with Gasteiger partial charge in [0, 0.05) is 18.3 Å². The van der Waals surface area contributed by atoms with E-state index in [1.165, 1.54) is 17.0 Å². The third kappa shape index (κ3) is 6.59. The van der Waals surface area contributed by atoms with E-state index in [1.54, 1.807) is 14.1 Å². The number of anilines is 1. The minimum Gasteiger partial charge on any atom is -0.332 e. The molecule has 0 saturated heterocycles. The predicted molar refractivity (Wildman–Crippen MR) is 109 cm³/mol. The number of hydrogen-bond donors (Lipinski definition) is 2. The van der Waals surface area contributed by atoms with Crippen molar-refractivity contribution in [1.29, 1.82) is 0 Å². The number of alkyl halides is 3. The Hall–Kier alpha value is -2.87. The van der Waals surface area contributed by atoms with Crippen LogP contribution in [0.3, 0.4) is 0 Å². The van der Waals surface area contributed by atoms with Gasteiger partial charge < -0.3 is 15.1 Å². The summed E-state index contributed by atoms with van der Waals surface area (Å²) in [6, 6.07) is 10.6. The van der Waals surface area contributed by atoms with Crippen LogP contribution in [0.5, 0.6) is 0 Å². The van der Waals surface area contributed by atoms with Crippen LogP contribution in [-0.4, -0.2) is 43.9 Å². The zero-order valence-corrected chi connectivity index (χ0v) is 17.6. The molecule has 0 aromatic heterocycles. The van der Waals surface area contributed by atoms with Crippen LogP contribution in [0.15, 0.2) is 42.5 Å². The number of hydrogen-bond acceptors (Lipinski definition) is 2. The number of quaternary nitrogens is 1. The van der Waals surface area contributed by atoms with E-state index in [-0.39, 0.29) is 24.9 Å². The Morgan fingerprint density at radius 3 is 2.13 bits per heavy atom. The first kappa shape index (κ1) is 23.4. The second-order valence-corrected chi connectivity index (χ2v) is 7.57. The molecule has 0 spiro atoms. The Morgan fingerprint density at radius 1 is 1.03 bits per heavy atom. The normalized spacial score (nSPS) is 12.4. The van der Waals surface area contributed by atoms with Gasteiger partial charge in [0.15, 0.2) is 6.54 Å². The number of aryl methyl sites for hydroxylation is 2. The van der Waals surface area contributed by atoms with Crippen molar-refractivity contribution in [3.63, 3.8) is 0 Å². The van der Waals surface area contributed by atoms with Gasteiger partial charge in [-0.05, 0) is 37.1 Å². The molecule has 0 radical (unpaired) electrons. The molecule has 0 aliphatic carbocycles. The van der Waals surface area contributed by atoms with Gasteiger partial charge >= 0.3 is 6.18 Å². The number of nitrogens with one attached hydrogen (secondary N) is 2. The summed E-state index contributed by atoms with van der Waals surface area (Å²) < 4.78 is 37.9. The van der Waals surface area contributed by atoms with E-state index in [4.69, 9.17) is 0 Å². The van der Waals surface area contributed by atoms with Gasteiger partial charge in [-0.3, -0.25) is 9.59 Å². The van der Waals surface area contributed by atoms with E-state index in [2.05, 4.69) is 5.32 Å². The summed E-state index contributed by atoms with van der Waals surface area (Å²) in [5.41, 5.74) is 2.63. The standard InChI is InChI=1S/C22H26F3N3O2/c1-15-6-5-7-16(2)21(15)26-19(29)13-28(4)20(30)14-27(3)12-17-8-10-18(11-9-17)22(23,24)25/h5-11H,12-14H2,1-4H3,(H,26,29)/p+1. The fourth-order valence-corrected chi connectivity index (χ4v) is 3.11. The SMILES string of the molecule is Cc1cccc(C)c1NC(=O)CN(C)C(=O)C[NH+](C)Cc1ccc(C(F)(F)F)cc1. The molecule has 0 bridgehead atoms. The van der Waals surface area contributed by atoms with Crippen molar-refractivity contribution in [1.82, 2.24) is 4.90 Å². The highest BCUT2D eigenvalue weighted by Gasteiger charge is 2.30. The number of halogens is 3. The van der Waals surface area contributed by atoms with Gasteiger partial charge in [-0.1, -0.05) is 30.3 Å². The average Bonchev–Trinajstić information content (AvgIpc) is 2.64. The number of carbonyl (C=O) groups is 2. The molecule has 1 unspecified atom stereocenters. The van der Waals surface area contributed by atoms with Crippen LogP contribution in [0.25, 0.3) is 0 Å². The summed E-state index contributed by atoms with van der Waals surface area (Å²) in [4.78, 5) is 26.9. The van der Waals surface area contributed by atoms with Crippen LogP contribution in [0.2, 0.25) is 0 Å². The van der Waals surface area contributed by atoms with Gasteiger partial charge in [-0.2, -0.15) is 13.2 Å². The van der Waals surface area contributed by atoms with Gasteiger partial charge in [0.05, 0.1) is 19.2 Å². The van der Waals surface area contributed by atoms with Crippen molar-refractivity contribution in [2.45, 2.75) is 26.6 Å². The van der Waals surface area contributed by atoms with Crippen molar-refractivity contribution < 1.29 is 27.7 Å². The molecule has 0 aliphatic rings. The molecule has 1 atom stereocenters. The van der Waals surface area contributed by atoms with Crippen LogP contribution in [0.1, 0.15) is 22.3 Å². The number of para-hydroxylation sites is 1. The molecule has 0 aliphatic heterocycles. The van der Waals surface area contributed by atoms with Crippen molar-refractivity contribution in [2.75, 3.05) is 32.5 Å². The molecular formula is C22H27F3N3O2+. The molecular weight excluding hydrogens is 395 g/mol. The quantitative estimate of drug-likeness (QED) is 0.720. The zero-order chi connectivity index (χ0) is 22.5. The highest BCUT2D eigenvalue weighted by atomic mass is 19.4. The van der Waals surface area contributed by atoms with E-state index < -0.39 is 11.7 Å². The molecule has 2 amide bonds. The molecule has 0 fully saturated rings. The molecule has 2 rings (SSSR count). The average molecular weight is 422 g/mol. The Labute approximate surface area is 174 Å². The van der Waals surface area contributed by atoms with Crippen LogP contribution < -0.4 is 10.2 Å². The third-order valence-corrected chi connectivity index (χ3v) is 4.79. The van der Waals surface area contributed by atoms with Crippen molar-refractivity contribution in [3.8, 4) is 0 Å². The molecule has 2 N–H and O–H groups in total. The minimum absolute atomic E-state index is 0.0832. The van der Waals surface area contributed by atoms with Crippen LogP contribution in [0.4, 0.5) is 18.9 Å². The van der Waals surface area contributed by atoms with E-state index in [0.717, 1.165) is 33.8 Å². The summed E-state index contributed by atoms with van der Waals surface area (Å²) in [6.45, 7) is 4.23. The van der Waals surface area contributed by atoms with Crippen LogP contribution in [-0.2, 0) is 22.3 Å². The summed E-state index contributed by atoms with van der Waals surface area (Å²) in [5.74, 6) is -0.514. The predicted octanol–water partition coefficient (Wildman–Crippen LogP) is 2.43. The summed E-state index contributed by atoms with van der Waals surface area (Å²) in [5, 5.41) is 2.84. The fourth-order valence-electron chi connectivity index (χ4n) is 3.11. The summed E-state index contributed by atoms with van der Waals surface area (Å²) in [6.07, 6.45) is -4.37. The van der Waals surface area contributed by atoms with Gasteiger partial charge in [0.25, 0.3) is 5.91 Å². The maximum Gasteiger partial charge on any atom is 0.416 e. The first-order valence-corrected chi connectivity index (χ1v) is 9.55. The van der Waals surface area contributed by atoms with Crippen LogP contribution >= 0.6 is 0 Å². The van der Waals surface area contributed by atoms with Gasteiger partial charge in [-0.25, -0.2) is 0 Å². The molecule has 162 valence electrons. The third-order valence-electron chi connectivity index (χ3n) is 4.79. The molecule has 5 nitrogen and oxygen atoms in total. The minimum atomic E-state index is -4.37. The molecule has 30 heavy (non-hydrogen) atoms. The van der Waals surface area contributed by atoms with Crippen molar-refractivity contribution in [3.05, 3.63) is 64.7 Å². The lowest BCUT2D eigenvalue weighted by Gasteiger charge is -2.20. The van der Waals surface area contributed by atoms with Crippen LogP contribution in [0, 0.1) is 13.8 Å². The summed E-state index contributed by atoms with van der Waals surface area (Å²) >= 11 is 0. The van der Waals surface area contributed by atoms with E-state index in [0.29, 0.717) is 12.1 Å². The van der Waals surface area contributed by atoms with Gasteiger partial charge in [-0.15, -0.1) is 0 Å². The molecule has 0 saturated carbocycles. The Morgan fingerprint density at radius 2 is 1.60 bits per heavy atom. The van der Waals surface area contributed by atoms with Gasteiger partial charge in [0.2, 0.25) is 5.91 Å². The zero-order valence-electron chi connectivity index (χ0n) is 17.6. The largest absolute Gasteiger partial charge is 0.416 e. The highest BCUT2D eigenvalue weighted by molar-refractivity contribution is 5.95. The van der Waals surface area contributed by atoms with E-state index in [9.17, 15) is 22.8 Å². The van der Waals surface area contributed by atoms with Crippen molar-refractivity contribution in [2.24, 2.45) is 0 Å². The molecule has 8 heteroatoms. The van der Waals surface area contributed by atoms with Gasteiger partial charge in [0.1, 0.15) is 6.54 Å². The Kier molecular flexibility index (Phi) is 7.61. The topological polar surface area (TPSA) is 53.9 Å². The highest BCUT2D eigenvalue weighted by Crippen LogP contribution is 2.28. The monoisotopic (exact) mass is 422 g/mol. The lowest BCUT2D eigenvalue weighted by molar-refractivity contribution is -0.885. The second kappa shape index (κ2) is 9.75. The second-order valence-electron chi connectivity index (χ2n) is 7.57. The number of amides is 2. The maximum absolute atomic E-state index is 12.6. The van der Waals surface area contributed by atoms with E-state index in [1.807, 2.05) is 32.0 Å². The summed E-state index contributed by atoms with van der Waals surface area (Å²) in [7, 11) is 3.33. The first-order valence-electron chi connectivity index (χ1n) is 9.55. The Balaban J connectivity index is 1.86. The fraction of sp³-hybridized carbons (Fsp3) is 0.364. The van der Waals surface area contributed by atoms with Crippen molar-refractivity contribution >= 4 is 17.5 Å². The number of rotatable bonds is 7. The lowest BCUT2D eigenvalue weighted by Crippen LogP contribution is -3.08. The first-order chi connectivity index (χ1) is 14.0.